The van der Waals surface area contributed by atoms with Crippen LogP contribution in [0.5, 0.6) is 0 Å². The van der Waals surface area contributed by atoms with Crippen LogP contribution in [0.2, 0.25) is 0 Å². The van der Waals surface area contributed by atoms with Crippen molar-refractivity contribution < 1.29 is 0 Å². The molecule has 1 fully saturated rings. The van der Waals surface area contributed by atoms with Crippen LogP contribution in [0, 0.1) is 17.8 Å². The predicted octanol–water partition coefficient (Wildman–Crippen LogP) is 11.4. The predicted molar refractivity (Wildman–Crippen MR) is 180 cm³/mol. The second-order valence-corrected chi connectivity index (χ2v) is 12.6. The topological polar surface area (TPSA) is 0 Å². The highest BCUT2D eigenvalue weighted by Crippen LogP contribution is 2.57. The standard InChI is InChI=1S/C41H48/c1-9-14-27(6)39-28(7)21-36-25-35(29(8)40(36)41(39)38-16-13-12-15-31(38)10-2)23-30-17-18-34(22-30)37-20-19-33(26(4)5)24-32(37)11-3/h12-13,15-21,23-24,28,39-41H,4,6,8-11,14,22,25H2,1-3,5,7H3/b35-23-. The minimum atomic E-state index is 0.361. The lowest BCUT2D eigenvalue weighted by Crippen LogP contribution is -2.32. The molecule has 1 saturated carbocycles. The first kappa shape index (κ1) is 29.1. The van der Waals surface area contributed by atoms with E-state index in [2.05, 4.69) is 115 Å². The number of allylic oxidation sites excluding steroid dienone is 11. The molecule has 0 saturated heterocycles. The first-order valence-corrected chi connectivity index (χ1v) is 15.8. The van der Waals surface area contributed by atoms with Gasteiger partial charge in [-0.25, -0.2) is 0 Å². The van der Waals surface area contributed by atoms with Gasteiger partial charge in [0, 0.05) is 11.8 Å². The maximum absolute atomic E-state index is 4.80. The van der Waals surface area contributed by atoms with Gasteiger partial charge < -0.3 is 0 Å². The van der Waals surface area contributed by atoms with E-state index in [9.17, 15) is 0 Å². The summed E-state index contributed by atoms with van der Waals surface area (Å²) in [7, 11) is 0. The van der Waals surface area contributed by atoms with E-state index in [1.165, 1.54) is 55.7 Å². The Bertz CT molecular complexity index is 1500. The van der Waals surface area contributed by atoms with E-state index in [0.29, 0.717) is 23.7 Å². The molecule has 4 atom stereocenters. The van der Waals surface area contributed by atoms with Crippen LogP contribution >= 0.6 is 0 Å². The van der Waals surface area contributed by atoms with Crippen molar-refractivity contribution in [1.82, 2.24) is 0 Å². The lowest BCUT2D eigenvalue weighted by Gasteiger charge is -2.42. The van der Waals surface area contributed by atoms with Crippen molar-refractivity contribution in [3.05, 3.63) is 142 Å². The zero-order chi connectivity index (χ0) is 29.3. The summed E-state index contributed by atoms with van der Waals surface area (Å²) in [5.74, 6) is 1.69. The lowest BCUT2D eigenvalue weighted by molar-refractivity contribution is 0.321. The highest BCUT2D eigenvalue weighted by molar-refractivity contribution is 5.77. The SMILES string of the molecule is C=C(C)c1ccc(C2=CC=C(/C=C3/CC4=CC(C)C(C(=C)CCC)C(c5ccccc5CC)C4C3=C)C2)c(CC)c1. The molecule has 5 rings (SSSR count). The number of fused-ring (bicyclic) bond motifs is 1. The molecule has 0 heterocycles. The van der Waals surface area contributed by atoms with Crippen LogP contribution in [0.1, 0.15) is 94.0 Å². The first-order chi connectivity index (χ1) is 19.8. The highest BCUT2D eigenvalue weighted by Gasteiger charge is 2.45. The molecule has 41 heavy (non-hydrogen) atoms. The molecule has 0 nitrogen and oxygen atoms in total. The van der Waals surface area contributed by atoms with Gasteiger partial charge in [0.15, 0.2) is 0 Å². The molecule has 0 radical (unpaired) electrons. The quantitative estimate of drug-likeness (QED) is 0.277. The summed E-state index contributed by atoms with van der Waals surface area (Å²) in [6, 6.07) is 16.0. The summed E-state index contributed by atoms with van der Waals surface area (Å²) < 4.78 is 0. The fourth-order valence-electron chi connectivity index (χ4n) is 7.78. The maximum atomic E-state index is 4.80. The fourth-order valence-corrected chi connectivity index (χ4v) is 7.78. The molecule has 212 valence electrons. The van der Waals surface area contributed by atoms with E-state index >= 15 is 0 Å². The Morgan fingerprint density at radius 2 is 1.71 bits per heavy atom. The van der Waals surface area contributed by atoms with Crippen LogP contribution < -0.4 is 0 Å². The van der Waals surface area contributed by atoms with Crippen molar-refractivity contribution in [2.45, 2.75) is 79.1 Å². The summed E-state index contributed by atoms with van der Waals surface area (Å²) in [6.07, 6.45) is 16.0. The van der Waals surface area contributed by atoms with Gasteiger partial charge in [0.1, 0.15) is 0 Å². The molecule has 0 spiro atoms. The molecule has 2 aromatic carbocycles. The molecule has 0 amide bonds. The van der Waals surface area contributed by atoms with Crippen LogP contribution in [0.25, 0.3) is 11.1 Å². The molecule has 0 aromatic heterocycles. The Morgan fingerprint density at radius 1 is 0.951 bits per heavy atom. The summed E-state index contributed by atoms with van der Waals surface area (Å²) in [5, 5.41) is 0. The second kappa shape index (κ2) is 12.2. The van der Waals surface area contributed by atoms with Crippen LogP contribution in [0.3, 0.4) is 0 Å². The van der Waals surface area contributed by atoms with Crippen molar-refractivity contribution in [2.24, 2.45) is 17.8 Å². The zero-order valence-corrected chi connectivity index (χ0v) is 26.0. The average molecular weight is 541 g/mol. The molecule has 0 N–H and O–H groups in total. The van der Waals surface area contributed by atoms with E-state index in [1.54, 1.807) is 5.57 Å². The zero-order valence-electron chi connectivity index (χ0n) is 26.0. The van der Waals surface area contributed by atoms with Crippen LogP contribution in [-0.2, 0) is 12.8 Å². The van der Waals surface area contributed by atoms with Gasteiger partial charge >= 0.3 is 0 Å². The fraction of sp³-hybridized carbons (Fsp3) is 0.366. The van der Waals surface area contributed by atoms with E-state index < -0.39 is 0 Å². The highest BCUT2D eigenvalue weighted by atomic mass is 14.5. The van der Waals surface area contributed by atoms with Gasteiger partial charge in [0.2, 0.25) is 0 Å². The van der Waals surface area contributed by atoms with Crippen molar-refractivity contribution in [3.8, 4) is 0 Å². The van der Waals surface area contributed by atoms with E-state index in [0.717, 1.165) is 44.1 Å². The Morgan fingerprint density at radius 3 is 2.41 bits per heavy atom. The first-order valence-electron chi connectivity index (χ1n) is 15.8. The number of benzene rings is 2. The van der Waals surface area contributed by atoms with Gasteiger partial charge in [-0.3, -0.25) is 0 Å². The van der Waals surface area contributed by atoms with Crippen LogP contribution in [0.4, 0.5) is 0 Å². The smallest absolute Gasteiger partial charge is 0.0123 e. The van der Waals surface area contributed by atoms with Crippen LogP contribution in [-0.4, -0.2) is 0 Å². The second-order valence-electron chi connectivity index (χ2n) is 12.6. The van der Waals surface area contributed by atoms with Gasteiger partial charge in [-0.2, -0.15) is 0 Å². The average Bonchev–Trinajstić information content (AvgIpc) is 3.55. The molecule has 3 aliphatic carbocycles. The van der Waals surface area contributed by atoms with E-state index in [-0.39, 0.29) is 0 Å². The molecule has 0 heteroatoms. The Kier molecular flexibility index (Phi) is 8.69. The Labute approximate surface area is 249 Å². The van der Waals surface area contributed by atoms with Gasteiger partial charge in [-0.05, 0) is 101 Å². The van der Waals surface area contributed by atoms with Crippen molar-refractivity contribution >= 4 is 11.1 Å². The van der Waals surface area contributed by atoms with Crippen molar-refractivity contribution in [1.29, 1.82) is 0 Å². The third kappa shape index (κ3) is 5.59. The minimum absolute atomic E-state index is 0.361. The number of hydrogen-bond acceptors (Lipinski definition) is 0. The number of rotatable bonds is 9. The number of hydrogen-bond donors (Lipinski definition) is 0. The third-order valence-corrected chi connectivity index (χ3v) is 9.79. The minimum Gasteiger partial charge on any atom is -0.0995 e. The van der Waals surface area contributed by atoms with E-state index in [1.807, 2.05) is 0 Å². The van der Waals surface area contributed by atoms with Crippen molar-refractivity contribution in [3.63, 3.8) is 0 Å². The summed E-state index contributed by atoms with van der Waals surface area (Å²) in [4.78, 5) is 0. The van der Waals surface area contributed by atoms with Gasteiger partial charge in [-0.15, -0.1) is 0 Å². The van der Waals surface area contributed by atoms with E-state index in [4.69, 9.17) is 6.58 Å². The Hall–Kier alpha value is -3.38. The van der Waals surface area contributed by atoms with Crippen LogP contribution in [0.15, 0.2) is 114 Å². The molecular weight excluding hydrogens is 492 g/mol. The molecule has 0 aliphatic heterocycles. The molecule has 0 bridgehead atoms. The molecule has 4 unspecified atom stereocenters. The number of aryl methyl sites for hydroxylation is 2. The molecular formula is C41H48. The van der Waals surface area contributed by atoms with Gasteiger partial charge in [0.25, 0.3) is 0 Å². The third-order valence-electron chi connectivity index (χ3n) is 9.79. The maximum Gasteiger partial charge on any atom is 0.0123 e. The van der Waals surface area contributed by atoms with Gasteiger partial charge in [0.05, 0.1) is 0 Å². The van der Waals surface area contributed by atoms with Gasteiger partial charge in [-0.1, -0.05) is 137 Å². The monoisotopic (exact) mass is 540 g/mol. The normalized spacial score (nSPS) is 24.7. The Balaban J connectivity index is 1.45. The summed E-state index contributed by atoms with van der Waals surface area (Å²) >= 11 is 0. The summed E-state index contributed by atoms with van der Waals surface area (Å²) in [6.45, 7) is 24.9. The largest absolute Gasteiger partial charge is 0.0995 e. The molecule has 2 aromatic rings. The lowest BCUT2D eigenvalue weighted by atomic mass is 9.61. The summed E-state index contributed by atoms with van der Waals surface area (Å²) in [5.41, 5.74) is 16.7. The van der Waals surface area contributed by atoms with Crippen molar-refractivity contribution in [2.75, 3.05) is 0 Å². The molecule has 3 aliphatic rings.